The SMILES string of the molecule is CCCC[C@H](NC(C)=O)C(=O)N[C@H]1CCC(=O)NCC[C@@H](C(N)=O)CC(=O)[C@H](C)CC(=O)[C@@H](Cc2ccccc2)NC(=O)[C@H](Cc2cnc[nH]2)NC1=O. The number of ketones is 2. The smallest absolute Gasteiger partial charge is 0.243 e. The average Bonchev–Trinajstić information content (AvgIpc) is 3.63. The zero-order valence-corrected chi connectivity index (χ0v) is 30.6. The Bertz CT molecular complexity index is 1580. The Morgan fingerprint density at radius 1 is 0.943 bits per heavy atom. The van der Waals surface area contributed by atoms with Crippen molar-refractivity contribution in [1.29, 1.82) is 0 Å². The molecular weight excluding hydrogens is 684 g/mol. The molecular formula is C37H52N8O8. The van der Waals surface area contributed by atoms with Crippen LogP contribution in [0.2, 0.25) is 0 Å². The molecule has 0 unspecified atom stereocenters. The number of unbranched alkanes of at least 4 members (excludes halogenated alkanes) is 1. The Balaban J connectivity index is 2.00. The number of carbonyl (C=O) groups excluding carboxylic acids is 8. The molecule has 1 aromatic carbocycles. The summed E-state index contributed by atoms with van der Waals surface area (Å²) < 4.78 is 0. The van der Waals surface area contributed by atoms with Crippen LogP contribution in [-0.4, -0.2) is 87.7 Å². The number of amides is 6. The van der Waals surface area contributed by atoms with Crippen LogP contribution in [0.4, 0.5) is 0 Å². The number of nitrogens with two attached hydrogens (primary N) is 1. The number of aromatic amines is 1. The summed E-state index contributed by atoms with van der Waals surface area (Å²) >= 11 is 0. The summed E-state index contributed by atoms with van der Waals surface area (Å²) in [6.45, 7) is 4.77. The van der Waals surface area contributed by atoms with E-state index in [-0.39, 0.29) is 57.3 Å². The highest BCUT2D eigenvalue weighted by atomic mass is 16.2. The van der Waals surface area contributed by atoms with Gasteiger partial charge in [0.2, 0.25) is 35.4 Å². The summed E-state index contributed by atoms with van der Waals surface area (Å²) in [7, 11) is 0. The van der Waals surface area contributed by atoms with Crippen LogP contribution in [0.5, 0.6) is 0 Å². The van der Waals surface area contributed by atoms with Crippen LogP contribution in [0.3, 0.4) is 0 Å². The number of primary amides is 1. The first kappa shape index (κ1) is 42.0. The standard InChI is InChI=1S/C37H52N8O8/c1-4-5-11-27(42-23(3)46)35(51)43-28-12-13-33(49)40-15-14-25(34(38)50)18-31(47)22(2)16-32(48)29(17-24-9-7-6-8-10-24)44-37(53)30(45-36(28)52)19-26-20-39-21-41-26/h6-10,20-22,25,27-30H,4-5,11-19H2,1-3H3,(H2,38,50)(H,39,41)(H,40,49)(H,42,46)(H,43,51)(H,44,53)(H,45,52)/t22-,25-,27+,28+,29-,30+/m1/s1. The number of hydrogen-bond acceptors (Lipinski definition) is 9. The molecule has 8 N–H and O–H groups in total. The molecule has 0 bridgehead atoms. The Morgan fingerprint density at radius 2 is 1.66 bits per heavy atom. The highest BCUT2D eigenvalue weighted by Gasteiger charge is 2.33. The number of rotatable bonds is 11. The van der Waals surface area contributed by atoms with Gasteiger partial charge in [0.1, 0.15) is 23.9 Å². The number of benzene rings is 1. The van der Waals surface area contributed by atoms with Gasteiger partial charge in [-0.2, -0.15) is 0 Å². The Hall–Kier alpha value is -5.41. The predicted octanol–water partition coefficient (Wildman–Crippen LogP) is 0.300. The van der Waals surface area contributed by atoms with E-state index >= 15 is 0 Å². The van der Waals surface area contributed by atoms with E-state index in [1.54, 1.807) is 31.2 Å². The molecule has 6 atom stereocenters. The van der Waals surface area contributed by atoms with Gasteiger partial charge in [-0.1, -0.05) is 57.0 Å². The summed E-state index contributed by atoms with van der Waals surface area (Å²) in [5, 5.41) is 13.4. The summed E-state index contributed by atoms with van der Waals surface area (Å²) in [5.74, 6) is -6.31. The lowest BCUT2D eigenvalue weighted by Crippen LogP contribution is -2.58. The maximum atomic E-state index is 14.0. The second kappa shape index (κ2) is 21.2. The van der Waals surface area contributed by atoms with Crippen molar-refractivity contribution in [2.45, 2.75) is 109 Å². The highest BCUT2D eigenvalue weighted by Crippen LogP contribution is 2.18. The van der Waals surface area contributed by atoms with E-state index in [9.17, 15) is 38.4 Å². The van der Waals surface area contributed by atoms with Gasteiger partial charge in [-0.05, 0) is 31.2 Å². The van der Waals surface area contributed by atoms with Crippen LogP contribution >= 0.6 is 0 Å². The van der Waals surface area contributed by atoms with E-state index in [1.165, 1.54) is 19.4 Å². The minimum atomic E-state index is -1.32. The number of nitrogens with one attached hydrogen (secondary N) is 6. The van der Waals surface area contributed by atoms with Crippen LogP contribution < -0.4 is 32.3 Å². The highest BCUT2D eigenvalue weighted by molar-refractivity contribution is 5.97. The Morgan fingerprint density at radius 3 is 2.30 bits per heavy atom. The van der Waals surface area contributed by atoms with E-state index < -0.39 is 77.2 Å². The van der Waals surface area contributed by atoms with Crippen LogP contribution in [0.1, 0.15) is 83.4 Å². The lowest BCUT2D eigenvalue weighted by molar-refractivity contribution is -0.135. The fourth-order valence-electron chi connectivity index (χ4n) is 6.03. The number of Topliss-reactive ketones (excluding diaryl/α,β-unsaturated/α-hetero) is 2. The third-order valence-electron chi connectivity index (χ3n) is 9.15. The molecule has 16 nitrogen and oxygen atoms in total. The molecule has 2 heterocycles. The summed E-state index contributed by atoms with van der Waals surface area (Å²) in [4.78, 5) is 112. The van der Waals surface area contributed by atoms with Crippen LogP contribution in [0.25, 0.3) is 0 Å². The zero-order chi connectivity index (χ0) is 38.9. The van der Waals surface area contributed by atoms with E-state index in [0.717, 1.165) is 12.0 Å². The number of H-pyrrole nitrogens is 1. The molecule has 1 fully saturated rings. The monoisotopic (exact) mass is 736 g/mol. The molecule has 3 rings (SSSR count). The van der Waals surface area contributed by atoms with Crippen molar-refractivity contribution >= 4 is 47.0 Å². The zero-order valence-electron chi connectivity index (χ0n) is 30.6. The molecule has 0 spiro atoms. The van der Waals surface area contributed by atoms with E-state index in [0.29, 0.717) is 18.5 Å². The first-order valence-corrected chi connectivity index (χ1v) is 18.1. The van der Waals surface area contributed by atoms with Gasteiger partial charge < -0.3 is 37.3 Å². The number of hydrogen-bond donors (Lipinski definition) is 7. The largest absolute Gasteiger partial charge is 0.369 e. The predicted molar refractivity (Wildman–Crippen MR) is 193 cm³/mol. The lowest BCUT2D eigenvalue weighted by atomic mass is 9.88. The summed E-state index contributed by atoms with van der Waals surface area (Å²) in [6.07, 6.45) is 3.73. The molecule has 53 heavy (non-hydrogen) atoms. The van der Waals surface area contributed by atoms with Crippen molar-refractivity contribution in [2.24, 2.45) is 17.6 Å². The van der Waals surface area contributed by atoms with E-state index in [1.807, 2.05) is 13.0 Å². The third-order valence-corrected chi connectivity index (χ3v) is 9.15. The second-order valence-electron chi connectivity index (χ2n) is 13.6. The van der Waals surface area contributed by atoms with Gasteiger partial charge in [0.05, 0.1) is 12.4 Å². The molecule has 6 amide bonds. The lowest BCUT2D eigenvalue weighted by Gasteiger charge is -2.26. The maximum absolute atomic E-state index is 14.0. The average molecular weight is 737 g/mol. The Labute approximate surface area is 309 Å². The fraction of sp³-hybridized carbons (Fsp3) is 0.541. The number of aromatic nitrogens is 2. The number of nitrogens with zero attached hydrogens (tertiary/aromatic N) is 1. The van der Waals surface area contributed by atoms with Crippen molar-refractivity contribution < 1.29 is 38.4 Å². The molecule has 1 aliphatic rings. The summed E-state index contributed by atoms with van der Waals surface area (Å²) in [6, 6.07) is 4.34. The number of imidazole rings is 1. The van der Waals surface area contributed by atoms with Crippen LogP contribution in [0.15, 0.2) is 42.9 Å². The van der Waals surface area contributed by atoms with Gasteiger partial charge in [0, 0.05) is 62.9 Å². The Kier molecular flexibility index (Phi) is 16.8. The first-order valence-electron chi connectivity index (χ1n) is 18.1. The molecule has 1 saturated heterocycles. The quantitative estimate of drug-likeness (QED) is 0.167. The van der Waals surface area contributed by atoms with Crippen molar-refractivity contribution in [3.63, 3.8) is 0 Å². The van der Waals surface area contributed by atoms with Crippen molar-refractivity contribution in [1.82, 2.24) is 36.6 Å². The third kappa shape index (κ3) is 14.3. The van der Waals surface area contributed by atoms with Gasteiger partial charge in [-0.3, -0.25) is 38.4 Å². The molecule has 0 aliphatic carbocycles. The normalized spacial score (nSPS) is 23.2. The minimum absolute atomic E-state index is 0.00169. The molecule has 0 saturated carbocycles. The summed E-state index contributed by atoms with van der Waals surface area (Å²) in [5.41, 5.74) is 6.82. The van der Waals surface area contributed by atoms with Crippen LogP contribution in [0, 0.1) is 11.8 Å². The van der Waals surface area contributed by atoms with E-state index in [4.69, 9.17) is 5.73 Å². The van der Waals surface area contributed by atoms with Crippen molar-refractivity contribution in [3.8, 4) is 0 Å². The van der Waals surface area contributed by atoms with Gasteiger partial charge in [0.25, 0.3) is 0 Å². The maximum Gasteiger partial charge on any atom is 0.243 e. The van der Waals surface area contributed by atoms with Crippen molar-refractivity contribution in [3.05, 3.63) is 54.1 Å². The molecule has 0 radical (unpaired) electrons. The molecule has 2 aromatic rings. The van der Waals surface area contributed by atoms with Gasteiger partial charge in [0.15, 0.2) is 5.78 Å². The molecule has 16 heteroatoms. The topological polar surface area (TPSA) is 251 Å². The van der Waals surface area contributed by atoms with E-state index in [2.05, 4.69) is 36.6 Å². The van der Waals surface area contributed by atoms with Gasteiger partial charge in [-0.15, -0.1) is 0 Å². The van der Waals surface area contributed by atoms with Crippen LogP contribution in [-0.2, 0) is 51.2 Å². The second-order valence-corrected chi connectivity index (χ2v) is 13.6. The fourth-order valence-corrected chi connectivity index (χ4v) is 6.03. The van der Waals surface area contributed by atoms with Crippen molar-refractivity contribution in [2.75, 3.05) is 6.54 Å². The minimum Gasteiger partial charge on any atom is -0.369 e. The molecule has 1 aliphatic heterocycles. The number of carbonyl (C=O) groups is 8. The first-order chi connectivity index (χ1) is 25.3. The molecule has 1 aromatic heterocycles. The van der Waals surface area contributed by atoms with Gasteiger partial charge >= 0.3 is 0 Å². The molecule has 288 valence electrons. The van der Waals surface area contributed by atoms with Gasteiger partial charge in [-0.25, -0.2) is 4.98 Å².